The van der Waals surface area contributed by atoms with Gasteiger partial charge in [-0.15, -0.1) is 0 Å². The van der Waals surface area contributed by atoms with Crippen LogP contribution in [0.5, 0.6) is 0 Å². The maximum absolute atomic E-state index is 6.43. The standard InChI is InChI=1S/C54H32O2/c1-2-14-33(15-3-1)35-30-34-16-4-5-17-36(34)47(31-35)52-41-22-10-20-37(39-24-12-28-50-53(39)43-18-6-8-26-48(43)55-50)45(41)32-46-38(21-11-23-42(46)52)40-25-13-29-51-54(40)44-19-7-9-27-49(44)56-51/h1-32H. The molecule has 0 N–H and O–H groups in total. The highest BCUT2D eigenvalue weighted by molar-refractivity contribution is 6.25. The van der Waals surface area contributed by atoms with Gasteiger partial charge < -0.3 is 8.83 Å². The van der Waals surface area contributed by atoms with Crippen LogP contribution in [0.15, 0.2) is 203 Å². The molecule has 0 spiro atoms. The molecule has 12 aromatic rings. The minimum Gasteiger partial charge on any atom is -0.456 e. The molecule has 0 fully saturated rings. The topological polar surface area (TPSA) is 26.3 Å². The van der Waals surface area contributed by atoms with Crippen molar-refractivity contribution in [1.29, 1.82) is 0 Å². The zero-order valence-electron chi connectivity index (χ0n) is 30.3. The zero-order chi connectivity index (χ0) is 36.7. The molecule has 2 nitrogen and oxygen atoms in total. The Balaban J connectivity index is 1.26. The van der Waals surface area contributed by atoms with Crippen molar-refractivity contribution in [2.45, 2.75) is 0 Å². The van der Waals surface area contributed by atoms with Gasteiger partial charge in [-0.05, 0) is 119 Å². The monoisotopic (exact) mass is 712 g/mol. The van der Waals surface area contributed by atoms with E-state index in [4.69, 9.17) is 8.83 Å². The van der Waals surface area contributed by atoms with Crippen molar-refractivity contribution in [3.05, 3.63) is 194 Å². The summed E-state index contributed by atoms with van der Waals surface area (Å²) in [5.41, 5.74) is 13.1. The summed E-state index contributed by atoms with van der Waals surface area (Å²) in [5.74, 6) is 0. The molecular weight excluding hydrogens is 681 g/mol. The van der Waals surface area contributed by atoms with Crippen molar-refractivity contribution in [1.82, 2.24) is 0 Å². The van der Waals surface area contributed by atoms with Gasteiger partial charge in [0, 0.05) is 21.5 Å². The molecule has 0 aliphatic rings. The van der Waals surface area contributed by atoms with Crippen molar-refractivity contribution in [3.8, 4) is 44.5 Å². The maximum atomic E-state index is 6.43. The molecule has 12 rings (SSSR count). The lowest BCUT2D eigenvalue weighted by molar-refractivity contribution is 0.668. The first-order chi connectivity index (χ1) is 27.8. The molecule has 0 amide bonds. The molecule has 0 bridgehead atoms. The van der Waals surface area contributed by atoms with Crippen LogP contribution >= 0.6 is 0 Å². The van der Waals surface area contributed by atoms with Crippen molar-refractivity contribution < 1.29 is 8.83 Å². The SMILES string of the molecule is c1ccc(-c2cc(-c3c4cccc(-c5cccc6oc7ccccc7c56)c4cc4c(-c5cccc6oc7ccccc7c56)cccc34)c3ccccc3c2)cc1. The van der Waals surface area contributed by atoms with Crippen LogP contribution in [0.4, 0.5) is 0 Å². The van der Waals surface area contributed by atoms with E-state index in [0.29, 0.717) is 0 Å². The predicted octanol–water partition coefficient (Wildman–Crippen LogP) is 15.6. The third-order valence-electron chi connectivity index (χ3n) is 11.7. The molecule has 0 aliphatic heterocycles. The van der Waals surface area contributed by atoms with E-state index >= 15 is 0 Å². The number of rotatable bonds is 4. The fourth-order valence-electron chi connectivity index (χ4n) is 9.24. The first-order valence-corrected chi connectivity index (χ1v) is 19.2. The molecule has 10 aromatic carbocycles. The van der Waals surface area contributed by atoms with Crippen molar-refractivity contribution >= 4 is 76.2 Å². The van der Waals surface area contributed by atoms with Crippen LogP contribution in [-0.4, -0.2) is 0 Å². The summed E-state index contributed by atoms with van der Waals surface area (Å²) in [6.07, 6.45) is 0. The van der Waals surface area contributed by atoms with Gasteiger partial charge in [0.2, 0.25) is 0 Å². The summed E-state index contributed by atoms with van der Waals surface area (Å²) in [7, 11) is 0. The first-order valence-electron chi connectivity index (χ1n) is 19.2. The smallest absolute Gasteiger partial charge is 0.136 e. The van der Waals surface area contributed by atoms with E-state index < -0.39 is 0 Å². The van der Waals surface area contributed by atoms with Gasteiger partial charge in [-0.25, -0.2) is 0 Å². The van der Waals surface area contributed by atoms with Gasteiger partial charge in [0.1, 0.15) is 22.3 Å². The van der Waals surface area contributed by atoms with E-state index in [9.17, 15) is 0 Å². The minimum absolute atomic E-state index is 0.891. The number of hydrogen-bond acceptors (Lipinski definition) is 2. The first kappa shape index (κ1) is 31.0. The Morgan fingerprint density at radius 3 is 1.32 bits per heavy atom. The Morgan fingerprint density at radius 2 is 0.714 bits per heavy atom. The molecule has 0 saturated carbocycles. The number of para-hydroxylation sites is 2. The van der Waals surface area contributed by atoms with Gasteiger partial charge in [0.25, 0.3) is 0 Å². The summed E-state index contributed by atoms with van der Waals surface area (Å²) >= 11 is 0. The summed E-state index contributed by atoms with van der Waals surface area (Å²) in [4.78, 5) is 0. The van der Waals surface area contributed by atoms with Gasteiger partial charge in [-0.1, -0.05) is 152 Å². The van der Waals surface area contributed by atoms with Crippen molar-refractivity contribution in [3.63, 3.8) is 0 Å². The number of hydrogen-bond donors (Lipinski definition) is 0. The average molecular weight is 713 g/mol. The Hall–Kier alpha value is -7.42. The molecule has 0 aliphatic carbocycles. The summed E-state index contributed by atoms with van der Waals surface area (Å²) in [6, 6.07) is 70.0. The third-order valence-corrected chi connectivity index (χ3v) is 11.7. The van der Waals surface area contributed by atoms with Gasteiger partial charge >= 0.3 is 0 Å². The maximum Gasteiger partial charge on any atom is 0.136 e. The Labute approximate surface area is 322 Å². The molecule has 0 atom stereocenters. The van der Waals surface area contributed by atoms with Crippen LogP contribution in [-0.2, 0) is 0 Å². The number of furan rings is 2. The highest BCUT2D eigenvalue weighted by Crippen LogP contribution is 2.48. The highest BCUT2D eigenvalue weighted by Gasteiger charge is 2.21. The largest absolute Gasteiger partial charge is 0.456 e. The minimum atomic E-state index is 0.891. The summed E-state index contributed by atoms with van der Waals surface area (Å²) in [5, 5.41) is 11.8. The van der Waals surface area contributed by atoms with Crippen LogP contribution in [0.1, 0.15) is 0 Å². The lowest BCUT2D eigenvalue weighted by Gasteiger charge is -2.20. The van der Waals surface area contributed by atoms with E-state index in [1.54, 1.807) is 0 Å². The number of benzene rings is 10. The normalized spacial score (nSPS) is 11.9. The van der Waals surface area contributed by atoms with Gasteiger partial charge in [0.15, 0.2) is 0 Å². The van der Waals surface area contributed by atoms with Gasteiger partial charge in [-0.3, -0.25) is 0 Å². The van der Waals surface area contributed by atoms with Crippen molar-refractivity contribution in [2.24, 2.45) is 0 Å². The van der Waals surface area contributed by atoms with E-state index in [1.165, 1.54) is 65.7 Å². The van der Waals surface area contributed by atoms with Crippen LogP contribution in [0, 0.1) is 0 Å². The molecule has 2 heteroatoms. The molecule has 0 unspecified atom stereocenters. The lowest BCUT2D eigenvalue weighted by Crippen LogP contribution is -1.93. The molecule has 0 radical (unpaired) electrons. The second kappa shape index (κ2) is 12.0. The molecular formula is C54H32O2. The van der Waals surface area contributed by atoms with E-state index in [2.05, 4.69) is 182 Å². The second-order valence-electron chi connectivity index (χ2n) is 14.7. The quantitative estimate of drug-likeness (QED) is 0.170. The summed E-state index contributed by atoms with van der Waals surface area (Å²) in [6.45, 7) is 0. The zero-order valence-corrected chi connectivity index (χ0v) is 30.3. The fourth-order valence-corrected chi connectivity index (χ4v) is 9.24. The molecule has 260 valence electrons. The van der Waals surface area contributed by atoms with Crippen LogP contribution < -0.4 is 0 Å². The van der Waals surface area contributed by atoms with Crippen LogP contribution in [0.25, 0.3) is 121 Å². The summed E-state index contributed by atoms with van der Waals surface area (Å²) < 4.78 is 12.9. The molecule has 56 heavy (non-hydrogen) atoms. The third kappa shape index (κ3) is 4.57. The molecule has 2 aromatic heterocycles. The van der Waals surface area contributed by atoms with Crippen LogP contribution in [0.2, 0.25) is 0 Å². The average Bonchev–Trinajstić information content (AvgIpc) is 3.84. The highest BCUT2D eigenvalue weighted by atomic mass is 16.3. The second-order valence-corrected chi connectivity index (χ2v) is 14.7. The number of fused-ring (bicyclic) bond motifs is 9. The van der Waals surface area contributed by atoms with Crippen molar-refractivity contribution in [2.75, 3.05) is 0 Å². The van der Waals surface area contributed by atoms with E-state index in [-0.39, 0.29) is 0 Å². The Kier molecular flexibility index (Phi) is 6.66. The van der Waals surface area contributed by atoms with Crippen LogP contribution in [0.3, 0.4) is 0 Å². The molecule has 0 saturated heterocycles. The van der Waals surface area contributed by atoms with Gasteiger partial charge in [-0.2, -0.15) is 0 Å². The van der Waals surface area contributed by atoms with E-state index in [0.717, 1.165) is 55.0 Å². The molecule has 2 heterocycles. The lowest BCUT2D eigenvalue weighted by atomic mass is 9.83. The Bertz CT molecular complexity index is 3360. The van der Waals surface area contributed by atoms with E-state index in [1.807, 2.05) is 12.1 Å². The Morgan fingerprint density at radius 1 is 0.250 bits per heavy atom. The predicted molar refractivity (Wildman–Crippen MR) is 235 cm³/mol. The fraction of sp³-hybridized carbons (Fsp3) is 0. The van der Waals surface area contributed by atoms with Gasteiger partial charge in [0.05, 0.1) is 0 Å².